The highest BCUT2D eigenvalue weighted by molar-refractivity contribution is 6.04. The number of amides is 1. The first-order valence-corrected chi connectivity index (χ1v) is 10.5. The molecular formula is C23H17F3N6O. The molecule has 1 aromatic carbocycles. The number of anilines is 2. The number of fused-ring (bicyclic) bond motifs is 2. The molecule has 1 N–H and O–H groups in total. The van der Waals surface area contributed by atoms with Crippen molar-refractivity contribution in [3.05, 3.63) is 83.7 Å². The standard InChI is InChI=1S/C23H17F3N6O/c24-14-1-3-17(26)16(9-14)23-10-13(23)5-7-31(23)20-6-8-32-21(30-20)19(12-28-32)29-22(33)18-4-2-15(25)11-27-18/h1-4,6,8-9,11-13H,5,7,10H2,(H,29,33)/t13-,23+/m0/s1. The van der Waals surface area contributed by atoms with Gasteiger partial charge in [-0.1, -0.05) is 0 Å². The number of halogens is 3. The predicted octanol–water partition coefficient (Wildman–Crippen LogP) is 3.92. The minimum absolute atomic E-state index is 0.0489. The second kappa shape index (κ2) is 7.03. The Morgan fingerprint density at radius 2 is 1.94 bits per heavy atom. The van der Waals surface area contributed by atoms with Gasteiger partial charge in [0.2, 0.25) is 0 Å². The highest BCUT2D eigenvalue weighted by Gasteiger charge is 2.64. The first kappa shape index (κ1) is 19.7. The lowest BCUT2D eigenvalue weighted by atomic mass is 10.0. The molecule has 2 fully saturated rings. The predicted molar refractivity (Wildman–Crippen MR) is 113 cm³/mol. The number of piperidine rings is 1. The molecule has 1 aliphatic heterocycles. The van der Waals surface area contributed by atoms with Gasteiger partial charge in [-0.2, -0.15) is 5.10 Å². The van der Waals surface area contributed by atoms with Crippen molar-refractivity contribution in [1.82, 2.24) is 19.6 Å². The molecule has 0 bridgehead atoms. The van der Waals surface area contributed by atoms with Crippen LogP contribution >= 0.6 is 0 Å². The first-order chi connectivity index (χ1) is 16.0. The van der Waals surface area contributed by atoms with E-state index in [9.17, 15) is 18.0 Å². The highest BCUT2D eigenvalue weighted by Crippen LogP contribution is 2.63. The molecule has 2 atom stereocenters. The number of carbonyl (C=O) groups excluding carboxylic acids is 1. The van der Waals surface area contributed by atoms with Gasteiger partial charge >= 0.3 is 0 Å². The summed E-state index contributed by atoms with van der Waals surface area (Å²) in [7, 11) is 0. The van der Waals surface area contributed by atoms with Crippen molar-refractivity contribution in [1.29, 1.82) is 0 Å². The van der Waals surface area contributed by atoms with E-state index in [-0.39, 0.29) is 11.6 Å². The van der Waals surface area contributed by atoms with Crippen molar-refractivity contribution in [3.8, 4) is 0 Å². The van der Waals surface area contributed by atoms with E-state index in [0.29, 0.717) is 29.3 Å². The lowest BCUT2D eigenvalue weighted by Gasteiger charge is -2.30. The summed E-state index contributed by atoms with van der Waals surface area (Å²) < 4.78 is 43.2. The topological polar surface area (TPSA) is 75.4 Å². The average Bonchev–Trinajstić information content (AvgIpc) is 3.21. The third kappa shape index (κ3) is 3.05. The highest BCUT2D eigenvalue weighted by atomic mass is 19.1. The van der Waals surface area contributed by atoms with Crippen molar-refractivity contribution >= 4 is 23.1 Å². The van der Waals surface area contributed by atoms with Crippen molar-refractivity contribution in [3.63, 3.8) is 0 Å². The monoisotopic (exact) mass is 450 g/mol. The maximum Gasteiger partial charge on any atom is 0.274 e. The largest absolute Gasteiger partial charge is 0.346 e. The van der Waals surface area contributed by atoms with Crippen molar-refractivity contribution in [2.24, 2.45) is 5.92 Å². The summed E-state index contributed by atoms with van der Waals surface area (Å²) in [6, 6.07) is 7.76. The summed E-state index contributed by atoms with van der Waals surface area (Å²) in [5.74, 6) is -1.17. The number of hydrogen-bond acceptors (Lipinski definition) is 5. The summed E-state index contributed by atoms with van der Waals surface area (Å²) in [6.45, 7) is 0.652. The number of nitrogens with one attached hydrogen (secondary N) is 1. The zero-order chi connectivity index (χ0) is 22.7. The van der Waals surface area contributed by atoms with E-state index in [2.05, 4.69) is 15.4 Å². The molecule has 0 unspecified atom stereocenters. The van der Waals surface area contributed by atoms with Gasteiger partial charge in [0.15, 0.2) is 5.65 Å². The van der Waals surface area contributed by atoms with E-state index < -0.39 is 28.9 Å². The Bertz CT molecular complexity index is 1410. The van der Waals surface area contributed by atoms with Crippen LogP contribution in [0, 0.1) is 23.4 Å². The molecule has 0 spiro atoms. The normalized spacial score (nSPS) is 21.3. The Morgan fingerprint density at radius 1 is 1.09 bits per heavy atom. The number of pyridine rings is 1. The summed E-state index contributed by atoms with van der Waals surface area (Å²) >= 11 is 0. The van der Waals surface area contributed by atoms with Gasteiger partial charge in [-0.15, -0.1) is 0 Å². The number of benzene rings is 1. The van der Waals surface area contributed by atoms with Crippen LogP contribution in [0.5, 0.6) is 0 Å². The molecule has 4 aromatic rings. The van der Waals surface area contributed by atoms with Gasteiger partial charge in [0.1, 0.15) is 34.7 Å². The van der Waals surface area contributed by atoms with Gasteiger partial charge in [0, 0.05) is 18.3 Å². The van der Waals surface area contributed by atoms with Crippen molar-refractivity contribution in [2.75, 3.05) is 16.8 Å². The summed E-state index contributed by atoms with van der Waals surface area (Å²) in [5.41, 5.74) is 0.509. The van der Waals surface area contributed by atoms with Crippen molar-refractivity contribution < 1.29 is 18.0 Å². The van der Waals surface area contributed by atoms with Crippen LogP contribution in [-0.2, 0) is 5.54 Å². The summed E-state index contributed by atoms with van der Waals surface area (Å²) in [6.07, 6.45) is 5.70. The number of nitrogens with zero attached hydrogens (tertiary/aromatic N) is 5. The van der Waals surface area contributed by atoms with Gasteiger partial charge in [-0.3, -0.25) is 4.79 Å². The van der Waals surface area contributed by atoms with Crippen LogP contribution < -0.4 is 10.2 Å². The molecule has 7 nitrogen and oxygen atoms in total. The maximum atomic E-state index is 14.7. The summed E-state index contributed by atoms with van der Waals surface area (Å²) in [5, 5.41) is 6.91. The lowest BCUT2D eigenvalue weighted by molar-refractivity contribution is 0.102. The molecule has 1 saturated heterocycles. The van der Waals surface area contributed by atoms with E-state index >= 15 is 0 Å². The van der Waals surface area contributed by atoms with Gasteiger partial charge in [0.05, 0.1) is 17.9 Å². The van der Waals surface area contributed by atoms with Crippen LogP contribution in [0.4, 0.5) is 24.7 Å². The van der Waals surface area contributed by atoms with Crippen LogP contribution in [0.2, 0.25) is 0 Å². The van der Waals surface area contributed by atoms with Crippen LogP contribution in [0.25, 0.3) is 5.65 Å². The number of carbonyl (C=O) groups is 1. The lowest BCUT2D eigenvalue weighted by Crippen LogP contribution is -2.34. The zero-order valence-electron chi connectivity index (χ0n) is 17.2. The van der Waals surface area contributed by atoms with Gasteiger partial charge in [-0.05, 0) is 55.2 Å². The van der Waals surface area contributed by atoms with Gasteiger partial charge in [-0.25, -0.2) is 27.7 Å². The minimum Gasteiger partial charge on any atom is -0.346 e. The van der Waals surface area contributed by atoms with E-state index in [1.54, 1.807) is 12.3 Å². The van der Waals surface area contributed by atoms with E-state index in [0.717, 1.165) is 37.2 Å². The number of aromatic nitrogens is 4. The fourth-order valence-corrected chi connectivity index (χ4v) is 4.89. The molecule has 4 heterocycles. The Hall–Kier alpha value is -3.95. The average molecular weight is 450 g/mol. The molecule has 1 amide bonds. The number of rotatable bonds is 4. The van der Waals surface area contributed by atoms with Gasteiger partial charge < -0.3 is 10.2 Å². The molecule has 166 valence electrons. The van der Waals surface area contributed by atoms with Crippen LogP contribution in [0.3, 0.4) is 0 Å². The van der Waals surface area contributed by atoms with Crippen LogP contribution in [0.1, 0.15) is 28.9 Å². The Morgan fingerprint density at radius 3 is 2.73 bits per heavy atom. The zero-order valence-corrected chi connectivity index (χ0v) is 17.2. The second-order valence-corrected chi connectivity index (χ2v) is 8.32. The molecule has 6 rings (SSSR count). The molecule has 1 saturated carbocycles. The fourth-order valence-electron chi connectivity index (χ4n) is 4.89. The van der Waals surface area contributed by atoms with E-state index in [1.807, 2.05) is 4.90 Å². The molecule has 1 aliphatic carbocycles. The first-order valence-electron chi connectivity index (χ1n) is 10.5. The van der Waals surface area contributed by atoms with Crippen LogP contribution in [0.15, 0.2) is 55.0 Å². The fraction of sp³-hybridized carbons (Fsp3) is 0.217. The molecule has 33 heavy (non-hydrogen) atoms. The Kier molecular flexibility index (Phi) is 4.20. The quantitative estimate of drug-likeness (QED) is 0.510. The smallest absolute Gasteiger partial charge is 0.274 e. The SMILES string of the molecule is O=C(Nc1cnn2ccc(N3CC[C@H]4C[C@]43c3cc(F)ccc3F)nc12)c1ccc(F)cn1. The van der Waals surface area contributed by atoms with E-state index in [4.69, 9.17) is 4.98 Å². The van der Waals surface area contributed by atoms with Crippen LogP contribution in [-0.4, -0.2) is 32.0 Å². The van der Waals surface area contributed by atoms with Gasteiger partial charge in [0.25, 0.3) is 5.91 Å². The molecular weight excluding hydrogens is 433 g/mol. The maximum absolute atomic E-state index is 14.7. The Labute approximate surface area is 185 Å². The van der Waals surface area contributed by atoms with Crippen molar-refractivity contribution in [2.45, 2.75) is 18.4 Å². The third-order valence-electron chi connectivity index (χ3n) is 6.49. The summed E-state index contributed by atoms with van der Waals surface area (Å²) in [4.78, 5) is 23.0. The minimum atomic E-state index is -0.626. The molecule has 2 aliphatic rings. The molecule has 0 radical (unpaired) electrons. The molecule has 3 aromatic heterocycles. The van der Waals surface area contributed by atoms with E-state index in [1.165, 1.54) is 22.8 Å². The number of hydrogen-bond donors (Lipinski definition) is 1. The molecule has 10 heteroatoms. The second-order valence-electron chi connectivity index (χ2n) is 8.32. The third-order valence-corrected chi connectivity index (χ3v) is 6.49. The Balaban J connectivity index is 1.35.